The number of thiophene rings is 2. The quantitative estimate of drug-likeness (QED) is 0.0614. The van der Waals surface area contributed by atoms with Crippen molar-refractivity contribution >= 4 is 227 Å². The molecule has 0 saturated carbocycles. The van der Waals surface area contributed by atoms with E-state index in [1.807, 2.05) is 112 Å². The van der Waals surface area contributed by atoms with E-state index in [9.17, 15) is 43.1 Å². The van der Waals surface area contributed by atoms with Crippen LogP contribution in [0.3, 0.4) is 0 Å². The summed E-state index contributed by atoms with van der Waals surface area (Å²) < 4.78 is 118. The summed E-state index contributed by atoms with van der Waals surface area (Å²) in [5.74, 6) is 2.10. The van der Waals surface area contributed by atoms with Gasteiger partial charge >= 0.3 is 7.54 Å². The number of para-hydroxylation sites is 2. The Hall–Kier alpha value is -10.1. The number of nitrogens with zero attached hydrogens (tertiary/aromatic N) is 6. The van der Waals surface area contributed by atoms with Crippen molar-refractivity contribution in [1.29, 1.82) is 0 Å². The van der Waals surface area contributed by atoms with Gasteiger partial charge < -0.3 is 28.5 Å². The Kier molecular flexibility index (Phi) is 29.9. The molecule has 9 heterocycles. The minimum absolute atomic E-state index is 0. The fourth-order valence-electron chi connectivity index (χ4n) is 19.8. The molecule has 9 aromatic carbocycles. The average Bonchev–Trinajstić information content (AvgIpc) is 1.60. The summed E-state index contributed by atoms with van der Waals surface area (Å²) in [6.07, 6.45) is 45.8. The van der Waals surface area contributed by atoms with Crippen LogP contribution < -0.4 is 33.1 Å². The van der Waals surface area contributed by atoms with Gasteiger partial charge in [0.2, 0.25) is 16.6 Å². The normalized spacial score (nSPS) is 20.3. The number of allylic oxidation sites excluding steroid dienone is 19. The number of thioether (sulfide) groups is 3. The Morgan fingerprint density at radius 1 is 0.457 bits per heavy atom. The molecule has 4 atom stereocenters. The van der Waals surface area contributed by atoms with E-state index in [0.717, 1.165) is 34.7 Å². The van der Waals surface area contributed by atoms with Crippen LogP contribution in [0.5, 0.6) is 0 Å². The third-order valence-corrected chi connectivity index (χ3v) is 38.4. The smallest absolute Gasteiger partial charge is 0.762 e. The highest BCUT2D eigenvalue weighted by molar-refractivity contribution is 8.04. The molecule has 14 aromatic rings. The molecule has 0 N–H and O–H groups in total. The third-order valence-electron chi connectivity index (χ3n) is 27.0. The Balaban J connectivity index is 0.000000121. The van der Waals surface area contributed by atoms with Gasteiger partial charge in [0, 0.05) is 103 Å². The number of hydrogen-bond acceptors (Lipinski definition) is 18. The second kappa shape index (κ2) is 42.0. The van der Waals surface area contributed by atoms with E-state index < -0.39 is 38.6 Å². The van der Waals surface area contributed by atoms with Crippen LogP contribution in [0.1, 0.15) is 116 Å². The molecule has 0 amide bonds. The largest absolute Gasteiger partial charge is 1.00 e. The van der Waals surface area contributed by atoms with Crippen molar-refractivity contribution in [1.82, 2.24) is 0 Å². The monoisotopic (exact) mass is 2040 g/mol. The van der Waals surface area contributed by atoms with Gasteiger partial charge in [0.1, 0.15) is 48.4 Å². The molecule has 5 aromatic heterocycles. The molecule has 0 saturated heterocycles. The number of aryl methyl sites for hydroxylation is 5. The second-order valence-electron chi connectivity index (χ2n) is 35.9. The summed E-state index contributed by atoms with van der Waals surface area (Å²) in [5.41, 5.74) is 24.8. The molecule has 13 nitrogen and oxygen atoms in total. The van der Waals surface area contributed by atoms with E-state index in [4.69, 9.17) is 0 Å². The molecule has 29 heteroatoms. The predicted molar refractivity (Wildman–Crippen MR) is 569 cm³/mol. The van der Waals surface area contributed by atoms with Crippen molar-refractivity contribution in [2.45, 2.75) is 140 Å². The van der Waals surface area contributed by atoms with Crippen LogP contribution in [0.25, 0.3) is 79.3 Å². The second-order valence-corrected chi connectivity index (χ2v) is 48.2. The number of anilines is 3. The van der Waals surface area contributed by atoms with Crippen molar-refractivity contribution in [3.05, 3.63) is 345 Å². The fraction of sp³-hybridized carbons (Fsp3) is 0.239. The number of halogens is 4. The molecule has 0 spiro atoms. The average molecular weight is 2050 g/mol. The molecule has 24 rings (SSSR count). The van der Waals surface area contributed by atoms with Crippen LogP contribution in [-0.2, 0) is 51.7 Å². The first kappa shape index (κ1) is 98.1. The number of benzene rings is 9. The van der Waals surface area contributed by atoms with Crippen LogP contribution in [0.15, 0.2) is 348 Å². The first-order valence-corrected chi connectivity index (χ1v) is 56.9. The molecular weight excluding hydrogens is 1940 g/mol. The molecule has 138 heavy (non-hydrogen) atoms. The van der Waals surface area contributed by atoms with Crippen LogP contribution >= 0.6 is 92.0 Å². The van der Waals surface area contributed by atoms with Gasteiger partial charge in [-0.1, -0.05) is 190 Å². The summed E-state index contributed by atoms with van der Waals surface area (Å²) >= 11 is 15.1. The molecule has 0 radical (unpaired) electrons. The molecule has 0 bridgehead atoms. The first-order valence-electron chi connectivity index (χ1n) is 45.9. The molecule has 0 fully saturated rings. The van der Waals surface area contributed by atoms with Crippen molar-refractivity contribution in [2.75, 3.05) is 42.1 Å². The van der Waals surface area contributed by atoms with Gasteiger partial charge in [-0.25, -0.2) is 16.8 Å². The maximum atomic E-state index is 12.0. The topological polar surface area (TPSA) is 153 Å². The van der Waals surface area contributed by atoms with Gasteiger partial charge in [-0.05, 0) is 309 Å². The molecule has 6 aliphatic carbocycles. The van der Waals surface area contributed by atoms with E-state index in [0.29, 0.717) is 17.8 Å². The highest BCUT2D eigenvalue weighted by Crippen LogP contribution is 2.53. The molecular formula is C109H101BF4N6O7S11. The zero-order valence-electron chi connectivity index (χ0n) is 77.4. The molecule has 4 aliphatic heterocycles. The zero-order chi connectivity index (χ0) is 95.2. The number of fused-ring (bicyclic) bond motifs is 17. The minimum Gasteiger partial charge on any atom is -1.00 e. The summed E-state index contributed by atoms with van der Waals surface area (Å²) in [7, 11) is -2.18. The van der Waals surface area contributed by atoms with Gasteiger partial charge in [-0.3, -0.25) is 17.2 Å². The summed E-state index contributed by atoms with van der Waals surface area (Å²) in [6, 6.07) is 62.2. The lowest BCUT2D eigenvalue weighted by molar-refractivity contribution is -0.672. The standard InChI is InChI=1S/C32H27N2S4.C32H29N2S2.C31H31N2OS3.2C7H8O3S.BF3.FH/c1-33-29(37-27-9-7-25-23(31(27)33)11-13-35-25)17-19-3-5-21-6-4-20(16-22(21)15-19)18-30-34(2)32-24-12-14-36-26(24)8-10-28(32)38-30;1-33-27-9-5-6-10-28(27)35-30(33)19-21-11-13-23-14-12-22(18-25(23)17-21)20-31-34(2)32-26-8-4-3-7-24(26)15-16-29(32)36-31;1-32-27-19-24(37(2)34)13-14-29(27)35-30(32)17-20-9-10-21-11-12-22(18-23(21)16-20)25-6-5-15-33-26-7-3-4-8-28(26)36-31(25)33;2*1-6-2-4-7(5-3-6)11(8,9)10;2-1(3)4;/h7-18,21H,3-6H2,1-2H3;3-10,15-20,23H,11-14H2,1-2H3;3-4,7-8,13-14,16-19,21H,5-6,9-12,15H2,1-2H3;2*2-5H,1H3,(H,8,9,10);;1H/q3*+1;;;;/p-3. The Labute approximate surface area is 839 Å². The van der Waals surface area contributed by atoms with Gasteiger partial charge in [0.05, 0.1) is 52.7 Å². The van der Waals surface area contributed by atoms with Crippen LogP contribution in [0, 0.1) is 31.6 Å². The maximum Gasteiger partial charge on any atom is 0.762 e. The fourth-order valence-corrected chi connectivity index (χ4v) is 29.8. The first-order chi connectivity index (χ1) is 66.0. The van der Waals surface area contributed by atoms with E-state index in [2.05, 4.69) is 275 Å². The lowest BCUT2D eigenvalue weighted by Gasteiger charge is -2.29. The van der Waals surface area contributed by atoms with Crippen LogP contribution in [-0.4, -0.2) is 65.1 Å². The highest BCUT2D eigenvalue weighted by Gasteiger charge is 2.35. The van der Waals surface area contributed by atoms with Gasteiger partial charge in [0.25, 0.3) is 15.0 Å². The summed E-state index contributed by atoms with van der Waals surface area (Å²) in [6.45, 7) is 4.78. The Morgan fingerprint density at radius 3 is 1.50 bits per heavy atom. The Bertz CT molecular complexity index is 7770. The molecule has 706 valence electrons. The van der Waals surface area contributed by atoms with Gasteiger partial charge in [0.15, 0.2) is 6.54 Å². The zero-order valence-corrected chi connectivity index (χ0v) is 86.3. The van der Waals surface area contributed by atoms with Crippen molar-refractivity contribution in [3.63, 3.8) is 0 Å². The number of thiazole rings is 3. The minimum atomic E-state index is -4.27. The lowest BCUT2D eigenvalue weighted by Crippen LogP contribution is -3.00. The van der Waals surface area contributed by atoms with Crippen LogP contribution in [0.4, 0.5) is 30.0 Å². The van der Waals surface area contributed by atoms with E-state index >= 15 is 0 Å². The van der Waals surface area contributed by atoms with Gasteiger partial charge in [-0.2, -0.15) is 13.7 Å². The van der Waals surface area contributed by atoms with E-state index in [1.54, 1.807) is 41.7 Å². The number of hydrogen-bond donors (Lipinski definition) is 0. The van der Waals surface area contributed by atoms with Crippen molar-refractivity contribution in [2.24, 2.45) is 31.8 Å². The SMILES string of the molecule is CN1/C(=C/C2=CC3=C/C(=C/c4sc5ccc6sccc6c5[n+]4C)CCC3CC2)Sc2ccc3sccc3c21.CN1C(=CC2=CC3=CC(=C4CCC[n+]5c4sc4ccccc45)CCC3CC2)Sc2ccc(S(C)=O)cc21.CN1C(=CC2=CC3=CC(=Cc4sc5ccc6ccccc6c5[n+]4C)CCC3CC2)Sc2ccccc21.Cc1ccc(S(=O)(=O)[O-])cc1.Cc1ccc(S(=O)(=O)[O-])cc1.FB(F)F.[F-]. The summed E-state index contributed by atoms with van der Waals surface area (Å²) in [4.78, 5) is 11.5. The van der Waals surface area contributed by atoms with Crippen molar-refractivity contribution < 1.29 is 61.5 Å². The predicted octanol–water partition coefficient (Wildman–Crippen LogP) is 25.4. The van der Waals surface area contributed by atoms with Gasteiger partial charge in [-0.15, -0.1) is 22.7 Å². The lowest BCUT2D eigenvalue weighted by atomic mass is 9.76. The Morgan fingerprint density at radius 2 is 0.920 bits per heavy atom. The third kappa shape index (κ3) is 21.4. The molecule has 4 unspecified atom stereocenters. The summed E-state index contributed by atoms with van der Waals surface area (Å²) in [5, 5.41) is 17.9. The molecule has 10 aliphatic rings. The number of aromatic nitrogens is 3. The number of rotatable bonds is 8. The highest BCUT2D eigenvalue weighted by atomic mass is 32.2. The van der Waals surface area contributed by atoms with E-state index in [-0.39, 0.29) is 14.5 Å². The maximum absolute atomic E-state index is 12.0. The van der Waals surface area contributed by atoms with E-state index in [1.165, 1.54) is 270 Å². The van der Waals surface area contributed by atoms with Crippen molar-refractivity contribution in [3.8, 4) is 0 Å². The van der Waals surface area contributed by atoms with Crippen LogP contribution in [0.2, 0.25) is 0 Å².